The fourth-order valence-corrected chi connectivity index (χ4v) is 2.66. The summed E-state index contributed by atoms with van der Waals surface area (Å²) in [7, 11) is 1.79. The number of hydrogen-bond acceptors (Lipinski definition) is 3. The summed E-state index contributed by atoms with van der Waals surface area (Å²) in [5.41, 5.74) is 2.13. The van der Waals surface area contributed by atoms with E-state index in [1.807, 2.05) is 6.92 Å². The van der Waals surface area contributed by atoms with Crippen molar-refractivity contribution in [3.63, 3.8) is 0 Å². The molecule has 2 heterocycles. The first kappa shape index (κ1) is 14.5. The lowest BCUT2D eigenvalue weighted by molar-refractivity contribution is 0.0765. The second kappa shape index (κ2) is 5.75. The van der Waals surface area contributed by atoms with E-state index in [-0.39, 0.29) is 24.2 Å². The Morgan fingerprint density at radius 3 is 2.95 bits per heavy atom. The van der Waals surface area contributed by atoms with Gasteiger partial charge in [0.2, 0.25) is 5.88 Å². The number of likely N-dealkylation sites (N-methyl/N-ethyl adjacent to an activating group) is 1. The first-order valence-corrected chi connectivity index (χ1v) is 7.18. The Bertz CT molecular complexity index is 718. The number of rotatable bonds is 3. The van der Waals surface area contributed by atoms with Crippen LogP contribution in [0.3, 0.4) is 0 Å². The highest BCUT2D eigenvalue weighted by Crippen LogP contribution is 2.27. The minimum atomic E-state index is -0.290. The van der Waals surface area contributed by atoms with Crippen molar-refractivity contribution in [2.75, 3.05) is 13.6 Å². The minimum Gasteiger partial charge on any atom is -0.473 e. The van der Waals surface area contributed by atoms with Crippen LogP contribution in [0, 0.1) is 5.82 Å². The number of halogens is 1. The fraction of sp³-hybridized carbons (Fsp3) is 0.294. The maximum absolute atomic E-state index is 13.1. The molecule has 1 aromatic heterocycles. The van der Waals surface area contributed by atoms with Crippen LogP contribution in [0.2, 0.25) is 0 Å². The van der Waals surface area contributed by atoms with Crippen LogP contribution in [-0.2, 0) is 6.61 Å². The van der Waals surface area contributed by atoms with Gasteiger partial charge >= 0.3 is 0 Å². The van der Waals surface area contributed by atoms with Crippen LogP contribution in [-0.4, -0.2) is 29.4 Å². The molecular weight excluding hydrogens is 283 g/mol. The summed E-state index contributed by atoms with van der Waals surface area (Å²) in [6.45, 7) is 2.92. The third kappa shape index (κ3) is 2.79. The quantitative estimate of drug-likeness (QED) is 0.875. The molecule has 5 heteroatoms. The lowest BCUT2D eigenvalue weighted by Gasteiger charge is -2.29. The van der Waals surface area contributed by atoms with Crippen molar-refractivity contribution in [1.82, 2.24) is 9.88 Å². The van der Waals surface area contributed by atoms with Crippen molar-refractivity contribution < 1.29 is 13.9 Å². The van der Waals surface area contributed by atoms with Gasteiger partial charge in [-0.05, 0) is 23.8 Å². The highest BCUT2D eigenvalue weighted by molar-refractivity contribution is 5.96. The van der Waals surface area contributed by atoms with Crippen LogP contribution in [0.1, 0.15) is 34.5 Å². The average molecular weight is 300 g/mol. The number of nitrogens with zero attached hydrogens (tertiary/aromatic N) is 2. The number of carbonyl (C=O) groups excluding carboxylic acids is 1. The summed E-state index contributed by atoms with van der Waals surface area (Å²) in [5.74, 6) is 0.307. The van der Waals surface area contributed by atoms with Crippen molar-refractivity contribution in [1.29, 1.82) is 0 Å². The molecule has 4 nitrogen and oxygen atoms in total. The summed E-state index contributed by atoms with van der Waals surface area (Å²) in [6, 6.07) is 9.69. The normalized spacial score (nSPS) is 17.3. The van der Waals surface area contributed by atoms with Gasteiger partial charge < -0.3 is 9.64 Å². The molecule has 1 aliphatic heterocycles. The number of fused-ring (bicyclic) bond motifs is 1. The number of pyridine rings is 1. The van der Waals surface area contributed by atoms with Crippen LogP contribution in [0.25, 0.3) is 0 Å². The van der Waals surface area contributed by atoms with Crippen molar-refractivity contribution in [2.45, 2.75) is 19.4 Å². The van der Waals surface area contributed by atoms with Gasteiger partial charge in [0.25, 0.3) is 5.91 Å². The minimum absolute atomic E-state index is 0.0164. The van der Waals surface area contributed by atoms with Gasteiger partial charge in [-0.3, -0.25) is 4.79 Å². The molecule has 0 spiro atoms. The molecule has 0 saturated carbocycles. The molecule has 1 atom stereocenters. The van der Waals surface area contributed by atoms with Crippen molar-refractivity contribution in [3.05, 3.63) is 59.0 Å². The van der Waals surface area contributed by atoms with Crippen LogP contribution < -0.4 is 4.74 Å². The number of aromatic nitrogens is 1. The Morgan fingerprint density at radius 2 is 2.18 bits per heavy atom. The Hall–Kier alpha value is -2.43. The van der Waals surface area contributed by atoms with E-state index in [0.29, 0.717) is 18.0 Å². The molecule has 2 aromatic rings. The largest absolute Gasteiger partial charge is 0.473 e. The molecule has 1 amide bonds. The second-order valence-electron chi connectivity index (χ2n) is 5.59. The zero-order valence-corrected chi connectivity index (χ0v) is 12.5. The van der Waals surface area contributed by atoms with Gasteiger partial charge in [0.05, 0.1) is 11.3 Å². The van der Waals surface area contributed by atoms with E-state index in [1.165, 1.54) is 12.1 Å². The highest BCUT2D eigenvalue weighted by Gasteiger charge is 2.28. The zero-order chi connectivity index (χ0) is 15.7. The molecular formula is C17H17FN2O2. The van der Waals surface area contributed by atoms with Gasteiger partial charge in [-0.2, -0.15) is 0 Å². The van der Waals surface area contributed by atoms with E-state index in [4.69, 9.17) is 4.74 Å². The molecule has 1 aliphatic rings. The van der Waals surface area contributed by atoms with Gasteiger partial charge in [0, 0.05) is 25.6 Å². The molecule has 0 radical (unpaired) electrons. The number of ether oxygens (including phenoxy) is 1. The highest BCUT2D eigenvalue weighted by atomic mass is 19.1. The van der Waals surface area contributed by atoms with Crippen molar-refractivity contribution in [3.8, 4) is 5.88 Å². The molecule has 1 unspecified atom stereocenters. The maximum atomic E-state index is 13.1. The smallest absolute Gasteiger partial charge is 0.255 e. The monoisotopic (exact) mass is 300 g/mol. The Morgan fingerprint density at radius 1 is 1.36 bits per heavy atom. The van der Waals surface area contributed by atoms with E-state index >= 15 is 0 Å². The molecule has 114 valence electrons. The first-order valence-electron chi connectivity index (χ1n) is 7.18. The number of carbonyl (C=O) groups is 1. The summed E-state index contributed by atoms with van der Waals surface area (Å²) in [5, 5.41) is 0. The zero-order valence-electron chi connectivity index (χ0n) is 12.5. The molecule has 22 heavy (non-hydrogen) atoms. The van der Waals surface area contributed by atoms with Crippen LogP contribution in [0.5, 0.6) is 5.88 Å². The Balaban J connectivity index is 1.79. The summed E-state index contributed by atoms with van der Waals surface area (Å²) < 4.78 is 18.8. The molecule has 0 aliphatic carbocycles. The predicted molar refractivity (Wildman–Crippen MR) is 80.3 cm³/mol. The maximum Gasteiger partial charge on any atom is 0.255 e. The molecule has 0 bridgehead atoms. The van der Waals surface area contributed by atoms with Gasteiger partial charge in [-0.25, -0.2) is 9.37 Å². The van der Waals surface area contributed by atoms with Crippen LogP contribution in [0.15, 0.2) is 36.4 Å². The number of hydrogen-bond donors (Lipinski definition) is 0. The van der Waals surface area contributed by atoms with E-state index in [0.717, 1.165) is 11.3 Å². The standard InChI is InChI=1S/C17H17FN2O2/c1-11-9-20(2)17(21)14-6-7-15(19-16(11)14)22-10-12-4-3-5-13(18)8-12/h3-8,11H,9-10H2,1-2H3. The predicted octanol–water partition coefficient (Wildman–Crippen LogP) is 2.99. The van der Waals surface area contributed by atoms with Gasteiger partial charge in [-0.1, -0.05) is 19.1 Å². The lowest BCUT2D eigenvalue weighted by atomic mass is 9.96. The Kier molecular flexibility index (Phi) is 3.79. The van der Waals surface area contributed by atoms with Gasteiger partial charge in [0.15, 0.2) is 0 Å². The van der Waals surface area contributed by atoms with E-state index in [2.05, 4.69) is 4.98 Å². The average Bonchev–Trinajstić information content (AvgIpc) is 2.51. The molecule has 3 rings (SSSR count). The van der Waals surface area contributed by atoms with Gasteiger partial charge in [0.1, 0.15) is 12.4 Å². The van der Waals surface area contributed by atoms with E-state index in [9.17, 15) is 9.18 Å². The van der Waals surface area contributed by atoms with Crippen LogP contribution >= 0.6 is 0 Å². The molecule has 0 fully saturated rings. The van der Waals surface area contributed by atoms with Crippen molar-refractivity contribution >= 4 is 5.91 Å². The molecule has 0 saturated heterocycles. The summed E-state index contributed by atoms with van der Waals surface area (Å²) >= 11 is 0. The van der Waals surface area contributed by atoms with E-state index < -0.39 is 0 Å². The van der Waals surface area contributed by atoms with Crippen LogP contribution in [0.4, 0.5) is 4.39 Å². The topological polar surface area (TPSA) is 42.4 Å². The SMILES string of the molecule is CC1CN(C)C(=O)c2ccc(OCc3cccc(F)c3)nc21. The van der Waals surface area contributed by atoms with Crippen molar-refractivity contribution in [2.24, 2.45) is 0 Å². The third-order valence-electron chi connectivity index (χ3n) is 3.77. The molecule has 1 aromatic carbocycles. The number of amides is 1. The third-order valence-corrected chi connectivity index (χ3v) is 3.77. The van der Waals surface area contributed by atoms with Gasteiger partial charge in [-0.15, -0.1) is 0 Å². The van der Waals surface area contributed by atoms with E-state index in [1.54, 1.807) is 36.2 Å². The lowest BCUT2D eigenvalue weighted by Crippen LogP contribution is -2.36. The second-order valence-corrected chi connectivity index (χ2v) is 5.59. The fourth-order valence-electron chi connectivity index (χ4n) is 2.66. The summed E-state index contributed by atoms with van der Waals surface area (Å²) in [6.07, 6.45) is 0. The first-order chi connectivity index (χ1) is 10.5. The summed E-state index contributed by atoms with van der Waals surface area (Å²) in [4.78, 5) is 18.2. The Labute approximate surface area is 128 Å². The molecule has 0 N–H and O–H groups in total. The number of benzene rings is 1.